The standard InChI is InChI=1S/C18H23N3O2S/c1-21(2)18-9-8-16(24(19,22)23)11-17(18)20-12-13-4-3-5-15(10-13)14-6-7-14/h3-5,8-11,14,20H,6-7,12H2,1-2H3,(H2,19,22,23). The Balaban J connectivity index is 1.83. The van der Waals surface area contributed by atoms with Crippen LogP contribution in [0, 0.1) is 0 Å². The van der Waals surface area contributed by atoms with Gasteiger partial charge in [-0.2, -0.15) is 0 Å². The highest BCUT2D eigenvalue weighted by atomic mass is 32.2. The second-order valence-electron chi connectivity index (χ2n) is 6.49. The van der Waals surface area contributed by atoms with Crippen LogP contribution in [0.3, 0.4) is 0 Å². The number of nitrogens with two attached hydrogens (primary N) is 1. The molecule has 5 nitrogen and oxygen atoms in total. The summed E-state index contributed by atoms with van der Waals surface area (Å²) < 4.78 is 23.2. The first-order chi connectivity index (χ1) is 11.3. The van der Waals surface area contributed by atoms with Crippen LogP contribution in [-0.2, 0) is 16.6 Å². The minimum absolute atomic E-state index is 0.113. The molecule has 1 aliphatic rings. The van der Waals surface area contributed by atoms with Crippen molar-refractivity contribution in [1.29, 1.82) is 0 Å². The Morgan fingerprint density at radius 1 is 1.17 bits per heavy atom. The maximum atomic E-state index is 11.6. The van der Waals surface area contributed by atoms with Crippen LogP contribution in [0.25, 0.3) is 0 Å². The third kappa shape index (κ3) is 3.88. The monoisotopic (exact) mass is 345 g/mol. The molecule has 1 saturated carbocycles. The fourth-order valence-electron chi connectivity index (χ4n) is 2.79. The van der Waals surface area contributed by atoms with Crippen molar-refractivity contribution in [3.8, 4) is 0 Å². The molecule has 0 saturated heterocycles. The Bertz CT molecular complexity index is 843. The van der Waals surface area contributed by atoms with Crippen molar-refractivity contribution in [3.63, 3.8) is 0 Å². The first kappa shape index (κ1) is 16.8. The van der Waals surface area contributed by atoms with Gasteiger partial charge in [0.2, 0.25) is 10.0 Å². The van der Waals surface area contributed by atoms with Gasteiger partial charge in [0.25, 0.3) is 0 Å². The lowest BCUT2D eigenvalue weighted by Gasteiger charge is -2.19. The van der Waals surface area contributed by atoms with Crippen LogP contribution >= 0.6 is 0 Å². The zero-order valence-electron chi connectivity index (χ0n) is 14.0. The molecule has 6 heteroatoms. The van der Waals surface area contributed by atoms with Crippen molar-refractivity contribution in [2.45, 2.75) is 30.2 Å². The number of hydrogen-bond acceptors (Lipinski definition) is 4. The highest BCUT2D eigenvalue weighted by molar-refractivity contribution is 7.89. The summed E-state index contributed by atoms with van der Waals surface area (Å²) in [6.07, 6.45) is 2.55. The lowest BCUT2D eigenvalue weighted by atomic mass is 10.1. The van der Waals surface area contributed by atoms with Crippen molar-refractivity contribution in [2.75, 3.05) is 24.3 Å². The lowest BCUT2D eigenvalue weighted by molar-refractivity contribution is 0.598. The molecule has 0 unspecified atom stereocenters. The van der Waals surface area contributed by atoms with Gasteiger partial charge in [-0.15, -0.1) is 0 Å². The highest BCUT2D eigenvalue weighted by Crippen LogP contribution is 2.40. The molecule has 3 N–H and O–H groups in total. The number of anilines is 2. The molecule has 2 aromatic carbocycles. The smallest absolute Gasteiger partial charge is 0.238 e. The summed E-state index contributed by atoms with van der Waals surface area (Å²) in [6, 6.07) is 13.5. The van der Waals surface area contributed by atoms with Gasteiger partial charge < -0.3 is 10.2 Å². The first-order valence-electron chi connectivity index (χ1n) is 8.01. The number of hydrogen-bond donors (Lipinski definition) is 2. The van der Waals surface area contributed by atoms with E-state index in [1.807, 2.05) is 19.0 Å². The predicted octanol–water partition coefficient (Wildman–Crippen LogP) is 2.89. The number of sulfonamides is 1. The Morgan fingerprint density at radius 2 is 1.92 bits per heavy atom. The van der Waals surface area contributed by atoms with E-state index in [9.17, 15) is 8.42 Å². The number of primary sulfonamides is 1. The van der Waals surface area contributed by atoms with Gasteiger partial charge in [0.15, 0.2) is 0 Å². The Kier molecular flexibility index (Phi) is 4.51. The van der Waals surface area contributed by atoms with E-state index in [1.54, 1.807) is 12.1 Å². The summed E-state index contributed by atoms with van der Waals surface area (Å²) in [5.74, 6) is 0.716. The highest BCUT2D eigenvalue weighted by Gasteiger charge is 2.23. The molecule has 2 aromatic rings. The Labute approximate surface area is 143 Å². The maximum Gasteiger partial charge on any atom is 0.238 e. The van der Waals surface area contributed by atoms with Gasteiger partial charge in [-0.3, -0.25) is 0 Å². The van der Waals surface area contributed by atoms with Gasteiger partial charge in [-0.1, -0.05) is 24.3 Å². The van der Waals surface area contributed by atoms with Crippen LogP contribution in [0.5, 0.6) is 0 Å². The van der Waals surface area contributed by atoms with E-state index in [0.717, 1.165) is 11.4 Å². The number of nitrogens with zero attached hydrogens (tertiary/aromatic N) is 1. The zero-order valence-corrected chi connectivity index (χ0v) is 14.8. The summed E-state index contributed by atoms with van der Waals surface area (Å²) in [5.41, 5.74) is 4.25. The van der Waals surface area contributed by atoms with E-state index in [0.29, 0.717) is 12.5 Å². The van der Waals surface area contributed by atoms with E-state index in [1.165, 1.54) is 30.0 Å². The minimum Gasteiger partial charge on any atom is -0.379 e. The molecule has 0 aliphatic heterocycles. The molecule has 1 aliphatic carbocycles. The van der Waals surface area contributed by atoms with E-state index in [4.69, 9.17) is 5.14 Å². The molecule has 0 aromatic heterocycles. The van der Waals surface area contributed by atoms with Gasteiger partial charge in [-0.25, -0.2) is 13.6 Å². The summed E-state index contributed by atoms with van der Waals surface area (Å²) >= 11 is 0. The van der Waals surface area contributed by atoms with Crippen LogP contribution in [-0.4, -0.2) is 22.5 Å². The van der Waals surface area contributed by atoms with Crippen molar-refractivity contribution >= 4 is 21.4 Å². The SMILES string of the molecule is CN(C)c1ccc(S(N)(=O)=O)cc1NCc1cccc(C2CC2)c1. The zero-order chi connectivity index (χ0) is 17.3. The van der Waals surface area contributed by atoms with Gasteiger partial charge in [-0.05, 0) is 48.1 Å². The quantitative estimate of drug-likeness (QED) is 0.844. The normalized spacial score (nSPS) is 14.5. The molecule has 0 atom stereocenters. The number of benzene rings is 2. The van der Waals surface area contributed by atoms with E-state index in [-0.39, 0.29) is 4.90 Å². The van der Waals surface area contributed by atoms with Gasteiger partial charge >= 0.3 is 0 Å². The van der Waals surface area contributed by atoms with Gasteiger partial charge in [0.1, 0.15) is 0 Å². The molecule has 3 rings (SSSR count). The molecule has 0 spiro atoms. The molecule has 0 amide bonds. The van der Waals surface area contributed by atoms with E-state index >= 15 is 0 Å². The van der Waals surface area contributed by atoms with Crippen LogP contribution in [0.4, 0.5) is 11.4 Å². The fourth-order valence-corrected chi connectivity index (χ4v) is 3.33. The van der Waals surface area contributed by atoms with E-state index in [2.05, 4.69) is 29.6 Å². The van der Waals surface area contributed by atoms with Crippen LogP contribution in [0.2, 0.25) is 0 Å². The van der Waals surface area contributed by atoms with E-state index < -0.39 is 10.0 Å². The lowest BCUT2D eigenvalue weighted by Crippen LogP contribution is -2.16. The van der Waals surface area contributed by atoms with Gasteiger partial charge in [0.05, 0.1) is 16.3 Å². The summed E-state index contributed by atoms with van der Waals surface area (Å²) in [7, 11) is 0.124. The van der Waals surface area contributed by atoms with Crippen LogP contribution in [0.1, 0.15) is 29.9 Å². The molecule has 0 bridgehead atoms. The summed E-state index contributed by atoms with van der Waals surface area (Å²) in [6.45, 7) is 0.634. The second kappa shape index (κ2) is 6.45. The molecular formula is C18H23N3O2S. The number of rotatable bonds is 6. The first-order valence-corrected chi connectivity index (χ1v) is 9.56. The third-order valence-electron chi connectivity index (χ3n) is 4.26. The average molecular weight is 345 g/mol. The molecule has 128 valence electrons. The average Bonchev–Trinajstić information content (AvgIpc) is 3.37. The number of nitrogens with one attached hydrogen (secondary N) is 1. The fraction of sp³-hybridized carbons (Fsp3) is 0.333. The summed E-state index contributed by atoms with van der Waals surface area (Å²) in [4.78, 5) is 2.05. The predicted molar refractivity (Wildman–Crippen MR) is 97.9 cm³/mol. The molecule has 0 heterocycles. The van der Waals surface area contributed by atoms with Crippen LogP contribution < -0.4 is 15.4 Å². The Morgan fingerprint density at radius 3 is 2.54 bits per heavy atom. The topological polar surface area (TPSA) is 75.4 Å². The van der Waals surface area contributed by atoms with Gasteiger partial charge in [0, 0.05) is 20.6 Å². The molecule has 24 heavy (non-hydrogen) atoms. The van der Waals surface area contributed by atoms with Crippen molar-refractivity contribution in [1.82, 2.24) is 0 Å². The Hall–Kier alpha value is -2.05. The van der Waals surface area contributed by atoms with Crippen molar-refractivity contribution in [3.05, 3.63) is 53.6 Å². The van der Waals surface area contributed by atoms with Crippen molar-refractivity contribution < 1.29 is 8.42 Å². The molecular weight excluding hydrogens is 322 g/mol. The largest absolute Gasteiger partial charge is 0.379 e. The molecule has 1 fully saturated rings. The maximum absolute atomic E-state index is 11.6. The van der Waals surface area contributed by atoms with Crippen molar-refractivity contribution in [2.24, 2.45) is 5.14 Å². The molecule has 0 radical (unpaired) electrons. The van der Waals surface area contributed by atoms with Crippen LogP contribution in [0.15, 0.2) is 47.4 Å². The second-order valence-corrected chi connectivity index (χ2v) is 8.05. The minimum atomic E-state index is -3.72. The third-order valence-corrected chi connectivity index (χ3v) is 5.17. The summed E-state index contributed by atoms with van der Waals surface area (Å²) in [5, 5.41) is 8.60.